The Morgan fingerprint density at radius 2 is 0.529 bits per heavy atom. The summed E-state index contributed by atoms with van der Waals surface area (Å²) in [5, 5.41) is 0.447. The van der Waals surface area contributed by atoms with Crippen molar-refractivity contribution in [3.63, 3.8) is 0 Å². The molecule has 8 aromatic heterocycles. The second-order valence-corrected chi connectivity index (χ2v) is 32.7. The molecule has 4 aliphatic heterocycles. The molecular weight excluding hydrogens is 1700 g/mol. The second kappa shape index (κ2) is 31.6. The molecule has 16 heteroatoms. The lowest BCUT2D eigenvalue weighted by Gasteiger charge is -2.19. The van der Waals surface area contributed by atoms with Gasteiger partial charge in [0, 0.05) is 88.1 Å². The summed E-state index contributed by atoms with van der Waals surface area (Å²) in [6.07, 6.45) is 0. The minimum atomic E-state index is -0.710. The second-order valence-electron chi connectivity index (χ2n) is 32.7. The molecule has 0 fully saturated rings. The molecule has 16 nitrogen and oxygen atoms in total. The Morgan fingerprint density at radius 1 is 0.203 bits per heavy atom. The molecule has 0 aliphatic carbocycles. The molecule has 652 valence electrons. The largest absolute Gasteiger partial charge is 0.459 e. The summed E-state index contributed by atoms with van der Waals surface area (Å²) in [7, 11) is 0. The van der Waals surface area contributed by atoms with E-state index in [9.17, 15) is 4.11 Å². The van der Waals surface area contributed by atoms with Gasteiger partial charge in [0.25, 0.3) is 0 Å². The zero-order chi connectivity index (χ0) is 123. The summed E-state index contributed by atoms with van der Waals surface area (Å²) in [6.45, 7) is 1.49. The van der Waals surface area contributed by atoms with Crippen LogP contribution in [-0.2, 0) is 26.4 Å². The van der Waals surface area contributed by atoms with Gasteiger partial charge < -0.3 is 37.2 Å². The van der Waals surface area contributed by atoms with E-state index in [0.717, 1.165) is 82.7 Å². The minimum Gasteiger partial charge on any atom is -0.459 e. The first-order valence-electron chi connectivity index (χ1n) is 62.1. The molecule has 19 aromatic carbocycles. The normalized spacial score (nSPS) is 16.4. The number of aromatic nitrogens is 12. The van der Waals surface area contributed by atoms with Gasteiger partial charge in [-0.3, -0.25) is 18.3 Å². The van der Waals surface area contributed by atoms with Gasteiger partial charge in [-0.1, -0.05) is 284 Å². The Bertz CT molecular complexity index is 11800. The third kappa shape index (κ3) is 12.5. The predicted molar refractivity (Wildman–Crippen MR) is 555 cm³/mol. The molecule has 0 spiro atoms. The standard InChI is InChI=1S/C38H24N4O.C32H22N2O.2C26H17N3O/c1-5-13-32-24(9-1)23-43-38-39-31-22-26(18-20-37(31)42(32)38)41-35-16-8-4-12-29(35)30-21-25(17-19-36(30)41)40-33-14-6-2-10-27(33)28-11-3-7-15-34(28)40;1-3-10-22(11-4-1)26-15-9-16-27(23-12-5-2-6-13-23)31(26)24-18-19-30-28(20-24)33-32-34(30)29-17-8-7-14-25(29)21-35-32;2*1-4-10-22-17(7-1)16-30-26-27-21-14-13-18(15-25(21)29(22)26)28-23-11-5-2-8-19(23)20-9-3-6-12-24(20)28/h1-22H,23H2;1-20H,21H2;2*1-15H,16H2/i2D,3D,4D,6D,7D,8D,10D,11D,12D,14D,15D,16D,17D,19D,21D;1D,2D,3D,4D,5D,6D,10D,11D,12D,13D;2D,3D,5D,6D,8D,9D,11D,12D;2D,5D,8D,11D. The van der Waals surface area contributed by atoms with E-state index in [1.165, 1.54) is 9.13 Å². The molecule has 4 aliphatic rings. The van der Waals surface area contributed by atoms with E-state index >= 15 is 0 Å². The molecule has 0 radical (unpaired) electrons. The fourth-order valence-electron chi connectivity index (χ4n) is 19.2. The summed E-state index contributed by atoms with van der Waals surface area (Å²) in [6, 6.07) is 48.8. The van der Waals surface area contributed by atoms with Gasteiger partial charge in [-0.15, -0.1) is 0 Å². The Morgan fingerprint density at radius 3 is 0.971 bits per heavy atom. The van der Waals surface area contributed by atoms with Crippen molar-refractivity contribution in [3.05, 3.63) is 458 Å². The maximum atomic E-state index is 9.78. The first-order valence-corrected chi connectivity index (χ1v) is 43.6. The number of ether oxygens (including phenoxy) is 4. The van der Waals surface area contributed by atoms with Gasteiger partial charge >= 0.3 is 24.0 Å². The van der Waals surface area contributed by atoms with E-state index in [4.69, 9.17) is 75.5 Å². The average molecular weight is 1820 g/mol. The van der Waals surface area contributed by atoms with E-state index < -0.39 is 181 Å². The van der Waals surface area contributed by atoms with Gasteiger partial charge in [-0.25, -0.2) is 0 Å². The molecule has 138 heavy (non-hydrogen) atoms. The zero-order valence-electron chi connectivity index (χ0n) is 109. The van der Waals surface area contributed by atoms with Gasteiger partial charge in [0.2, 0.25) is 0 Å². The first-order chi connectivity index (χ1) is 83.8. The molecule has 27 aromatic rings. The van der Waals surface area contributed by atoms with Crippen LogP contribution in [0, 0.1) is 0 Å². The summed E-state index contributed by atoms with van der Waals surface area (Å²) in [5.41, 5.74) is 15.7. The zero-order valence-corrected chi connectivity index (χ0v) is 71.5. The quantitative estimate of drug-likeness (QED) is 0.154. The van der Waals surface area contributed by atoms with E-state index in [1.54, 1.807) is 66.7 Å². The topological polar surface area (TPSA) is 128 Å². The highest BCUT2D eigenvalue weighted by Gasteiger charge is 2.30. The molecule has 0 bridgehead atoms. The van der Waals surface area contributed by atoms with Crippen LogP contribution in [0.2, 0.25) is 0 Å². The van der Waals surface area contributed by atoms with Crippen LogP contribution < -0.4 is 18.9 Å². The van der Waals surface area contributed by atoms with Gasteiger partial charge in [0.15, 0.2) is 0 Å². The van der Waals surface area contributed by atoms with E-state index in [2.05, 4.69) is 9.97 Å². The predicted octanol–water partition coefficient (Wildman–Crippen LogP) is 29.1. The fourth-order valence-corrected chi connectivity index (χ4v) is 19.2. The molecule has 0 saturated heterocycles. The third-order valence-electron chi connectivity index (χ3n) is 25.2. The number of rotatable bonds is 7. The van der Waals surface area contributed by atoms with Crippen molar-refractivity contribution in [3.8, 4) is 103 Å². The lowest BCUT2D eigenvalue weighted by Crippen LogP contribution is -2.12. The lowest BCUT2D eigenvalue weighted by atomic mass is 9.87. The van der Waals surface area contributed by atoms with Crippen molar-refractivity contribution < 1.29 is 69.7 Å². The number of para-hydroxylation sites is 11. The first kappa shape index (κ1) is 49.8. The third-order valence-corrected chi connectivity index (χ3v) is 25.2. The molecule has 0 N–H and O–H groups in total. The van der Waals surface area contributed by atoms with Crippen LogP contribution in [0.15, 0.2) is 436 Å². The maximum Gasteiger partial charge on any atom is 0.302 e. The fraction of sp³-hybridized carbons (Fsp3) is 0.0328. The minimum absolute atomic E-state index is 0.0314. The van der Waals surface area contributed by atoms with Crippen LogP contribution in [0.4, 0.5) is 0 Å². The highest BCUT2D eigenvalue weighted by molar-refractivity contribution is 6.14. The van der Waals surface area contributed by atoms with Crippen LogP contribution in [0.3, 0.4) is 0 Å². The summed E-state index contributed by atoms with van der Waals surface area (Å²) in [5.74, 6) is 0. The Kier molecular flexibility index (Phi) is 11.4. The summed E-state index contributed by atoms with van der Waals surface area (Å²) in [4.78, 5) is 18.7. The van der Waals surface area contributed by atoms with Crippen molar-refractivity contribution in [2.45, 2.75) is 26.4 Å². The maximum absolute atomic E-state index is 9.78. The summed E-state index contributed by atoms with van der Waals surface area (Å²) < 4.78 is 356. The van der Waals surface area contributed by atoms with Gasteiger partial charge in [0.1, 0.15) is 26.4 Å². The number of hydrogen-bond acceptors (Lipinski definition) is 8. The number of fused-ring (bicyclic) bond motifs is 32. The summed E-state index contributed by atoms with van der Waals surface area (Å²) >= 11 is 0. The van der Waals surface area contributed by atoms with Gasteiger partial charge in [-0.05, 0) is 185 Å². The van der Waals surface area contributed by atoms with Crippen molar-refractivity contribution in [1.82, 2.24) is 56.5 Å². The Labute approximate surface area is 842 Å². The van der Waals surface area contributed by atoms with Crippen LogP contribution in [-0.4, -0.2) is 56.5 Å². The van der Waals surface area contributed by atoms with Gasteiger partial charge in [-0.2, -0.15) is 19.9 Å². The van der Waals surface area contributed by atoms with Crippen LogP contribution >= 0.6 is 0 Å². The SMILES string of the molecule is [2H]c1c([2H])c([2H])c(-c2cccc(-c3c([2H])c([2H])c([2H])c([2H])c3[2H])c2-c2ccc3c(c2)nc2n3-c3ccccc3CO2)c([2H])c1[2H].[2H]c1c([2H])c([2H])c2c(c1[2H])c1c([2H])c(-n3c4c([2H])c([2H])c([2H])c([2H])c4c4c([2H])c([2H])c([2H])c([2H])c43)c([2H])c([2H])c1n2-c1ccc2c(c1)nc1n2-c2ccccc2CO1.[2H]c1c([2H])c([2H])c2c(c1[2H])c1c([2H])c([2H])c([2H])c([2H])c1n2-c1ccc2nc3n(c2c1)-c1ccccc1CO3.[2H]c1c([2H])c([2H])c2c(c1[2H])c1ccccc1n2-c1ccc2nc3n(c2c1)-c1ccccc1CO3. The van der Waals surface area contributed by atoms with Gasteiger partial charge in [0.05, 0.1) is 162 Å². The van der Waals surface area contributed by atoms with Crippen molar-refractivity contribution in [1.29, 1.82) is 0 Å². The van der Waals surface area contributed by atoms with E-state index in [0.29, 0.717) is 106 Å². The number of imidazole rings is 4. The molecule has 12 heterocycles. The van der Waals surface area contributed by atoms with Crippen LogP contribution in [0.1, 0.15) is 73.0 Å². The Hall–Kier alpha value is -18.5. The van der Waals surface area contributed by atoms with Crippen molar-refractivity contribution in [2.24, 2.45) is 0 Å². The number of hydrogen-bond donors (Lipinski definition) is 0. The average Bonchev–Trinajstić information content (AvgIpc) is 1.52. The van der Waals surface area contributed by atoms with Crippen LogP contribution in [0.25, 0.3) is 210 Å². The number of nitrogens with zero attached hydrogens (tertiary/aromatic N) is 12. The monoisotopic (exact) mass is 1810 g/mol. The molecule has 0 saturated carbocycles. The molecular formula is C122H80N12O4. The number of benzene rings is 19. The highest BCUT2D eigenvalue weighted by Crippen LogP contribution is 2.47. The van der Waals surface area contributed by atoms with E-state index in [-0.39, 0.29) is 142 Å². The van der Waals surface area contributed by atoms with Crippen molar-refractivity contribution >= 4 is 131 Å². The lowest BCUT2D eigenvalue weighted by molar-refractivity contribution is 0.265. The molecule has 31 rings (SSSR count). The van der Waals surface area contributed by atoms with Crippen molar-refractivity contribution in [2.75, 3.05) is 0 Å². The molecule has 0 unspecified atom stereocenters. The highest BCUT2D eigenvalue weighted by atomic mass is 16.5. The van der Waals surface area contributed by atoms with E-state index in [1.807, 2.05) is 168 Å². The smallest absolute Gasteiger partial charge is 0.302 e. The molecule has 0 amide bonds. The molecule has 0 atom stereocenters. The van der Waals surface area contributed by atoms with Crippen LogP contribution in [0.5, 0.6) is 24.0 Å². The Balaban J connectivity index is 0.000000109.